The van der Waals surface area contributed by atoms with Crippen molar-refractivity contribution in [3.63, 3.8) is 0 Å². The summed E-state index contributed by atoms with van der Waals surface area (Å²) in [6.07, 6.45) is 2.24. The number of pyridine rings is 1. The number of fused-ring (bicyclic) bond motifs is 1. The molecule has 1 aliphatic carbocycles. The van der Waals surface area contributed by atoms with E-state index in [1.165, 1.54) is 17.0 Å². The molecule has 4 rings (SSSR count). The Balaban J connectivity index is 1.80. The third-order valence-corrected chi connectivity index (χ3v) is 5.16. The zero-order valence-corrected chi connectivity index (χ0v) is 14.1. The highest BCUT2D eigenvalue weighted by Crippen LogP contribution is 2.35. The zero-order chi connectivity index (χ0) is 17.4. The summed E-state index contributed by atoms with van der Waals surface area (Å²) in [6.45, 7) is 0.763. The van der Waals surface area contributed by atoms with E-state index in [0.29, 0.717) is 22.5 Å². The van der Waals surface area contributed by atoms with Crippen molar-refractivity contribution in [1.29, 1.82) is 5.26 Å². The minimum atomic E-state index is -0.457. The summed E-state index contributed by atoms with van der Waals surface area (Å²) in [7, 11) is 0. The summed E-state index contributed by atoms with van der Waals surface area (Å²) in [6, 6.07) is 12.9. The molecule has 0 N–H and O–H groups in total. The smallest absolute Gasteiger partial charge is 0.270 e. The highest BCUT2D eigenvalue weighted by molar-refractivity contribution is 7.09. The molecule has 1 saturated carbocycles. The average Bonchev–Trinajstić information content (AvgIpc) is 3.33. The van der Waals surface area contributed by atoms with E-state index in [4.69, 9.17) is 0 Å². The summed E-state index contributed by atoms with van der Waals surface area (Å²) >= 11 is 1.70. The molecule has 7 heteroatoms. The Morgan fingerprint density at radius 2 is 2.20 bits per heavy atom. The third-order valence-electron chi connectivity index (χ3n) is 4.30. The molecule has 0 unspecified atom stereocenters. The van der Waals surface area contributed by atoms with E-state index in [-0.39, 0.29) is 5.69 Å². The molecule has 124 valence electrons. The molecule has 0 aliphatic heterocycles. The third kappa shape index (κ3) is 3.04. The Labute approximate surface area is 148 Å². The fourth-order valence-corrected chi connectivity index (χ4v) is 3.61. The lowest BCUT2D eigenvalue weighted by molar-refractivity contribution is -0.384. The molecule has 3 aromatic rings. The molecule has 2 aromatic heterocycles. The summed E-state index contributed by atoms with van der Waals surface area (Å²) < 4.78 is 0. The van der Waals surface area contributed by atoms with Gasteiger partial charge in [-0.1, -0.05) is 6.07 Å². The van der Waals surface area contributed by atoms with E-state index in [1.807, 2.05) is 11.4 Å². The van der Waals surface area contributed by atoms with Crippen LogP contribution in [0.25, 0.3) is 10.9 Å². The minimum absolute atomic E-state index is 0.0313. The Kier molecular flexibility index (Phi) is 3.82. The number of aromatic nitrogens is 1. The van der Waals surface area contributed by atoms with E-state index in [2.05, 4.69) is 22.0 Å². The van der Waals surface area contributed by atoms with Gasteiger partial charge in [0.15, 0.2) is 0 Å². The minimum Gasteiger partial charge on any atom is -0.348 e. The number of benzene rings is 1. The number of anilines is 1. The van der Waals surface area contributed by atoms with E-state index in [9.17, 15) is 15.4 Å². The number of nitrogens with zero attached hydrogens (tertiary/aromatic N) is 4. The van der Waals surface area contributed by atoms with Gasteiger partial charge >= 0.3 is 0 Å². The summed E-state index contributed by atoms with van der Waals surface area (Å²) in [5, 5.41) is 23.1. The van der Waals surface area contributed by atoms with Crippen LogP contribution in [0.1, 0.15) is 23.3 Å². The number of nitriles is 1. The van der Waals surface area contributed by atoms with Gasteiger partial charge in [0.2, 0.25) is 0 Å². The number of non-ortho nitro benzene ring substituents is 1. The largest absolute Gasteiger partial charge is 0.348 e. The van der Waals surface area contributed by atoms with Crippen LogP contribution in [0.3, 0.4) is 0 Å². The highest BCUT2D eigenvalue weighted by atomic mass is 32.1. The van der Waals surface area contributed by atoms with Gasteiger partial charge in [-0.3, -0.25) is 10.1 Å². The molecular formula is C18H14N4O2S. The highest BCUT2D eigenvalue weighted by Gasteiger charge is 2.31. The van der Waals surface area contributed by atoms with Gasteiger partial charge in [-0.15, -0.1) is 11.3 Å². The van der Waals surface area contributed by atoms with Crippen LogP contribution >= 0.6 is 11.3 Å². The van der Waals surface area contributed by atoms with Crippen LogP contribution in [0.5, 0.6) is 0 Å². The number of hydrogen-bond acceptors (Lipinski definition) is 6. The van der Waals surface area contributed by atoms with Crippen LogP contribution < -0.4 is 4.90 Å². The summed E-state index contributed by atoms with van der Waals surface area (Å²) in [5.41, 5.74) is 0.994. The first-order valence-corrected chi connectivity index (χ1v) is 8.82. The van der Waals surface area contributed by atoms with Crippen molar-refractivity contribution < 1.29 is 4.92 Å². The first kappa shape index (κ1) is 15.5. The van der Waals surface area contributed by atoms with E-state index in [1.54, 1.807) is 23.5 Å². The maximum absolute atomic E-state index is 11.0. The van der Waals surface area contributed by atoms with Crippen LogP contribution in [-0.4, -0.2) is 15.9 Å². The first-order valence-electron chi connectivity index (χ1n) is 7.94. The van der Waals surface area contributed by atoms with E-state index >= 15 is 0 Å². The molecular weight excluding hydrogens is 336 g/mol. The van der Waals surface area contributed by atoms with Gasteiger partial charge in [0.05, 0.1) is 28.6 Å². The lowest BCUT2D eigenvalue weighted by atomic mass is 10.1. The number of hydrogen-bond donors (Lipinski definition) is 0. The normalized spacial score (nSPS) is 13.6. The van der Waals surface area contributed by atoms with E-state index < -0.39 is 4.92 Å². The molecule has 0 amide bonds. The molecule has 0 atom stereocenters. The number of nitro groups is 1. The van der Waals surface area contributed by atoms with Crippen molar-refractivity contribution >= 4 is 33.7 Å². The molecule has 1 fully saturated rings. The first-order chi connectivity index (χ1) is 12.2. The summed E-state index contributed by atoms with van der Waals surface area (Å²) in [4.78, 5) is 18.7. The second kappa shape index (κ2) is 6.15. The molecule has 1 aromatic carbocycles. The molecule has 0 spiro atoms. The molecule has 0 saturated heterocycles. The van der Waals surface area contributed by atoms with Crippen LogP contribution in [-0.2, 0) is 6.54 Å². The van der Waals surface area contributed by atoms with Crippen LogP contribution in [0.2, 0.25) is 0 Å². The average molecular weight is 350 g/mol. The number of thiophene rings is 1. The van der Waals surface area contributed by atoms with Crippen molar-refractivity contribution in [3.05, 3.63) is 62.3 Å². The quantitative estimate of drug-likeness (QED) is 0.507. The Bertz CT molecular complexity index is 990. The van der Waals surface area contributed by atoms with Crippen LogP contribution in [0, 0.1) is 21.4 Å². The molecule has 6 nitrogen and oxygen atoms in total. The second-order valence-corrected chi connectivity index (χ2v) is 7.07. The standard InChI is InChI=1S/C18H14N4O2S/c19-10-12-8-18(20-17-6-5-14(22(23)24)9-16(12)17)21(13-3-4-13)11-15-2-1-7-25-15/h1-2,5-9,13H,3-4,11H2. The van der Waals surface area contributed by atoms with Gasteiger partial charge in [0.25, 0.3) is 5.69 Å². The van der Waals surface area contributed by atoms with Gasteiger partial charge in [-0.05, 0) is 36.4 Å². The molecule has 1 aliphatic rings. The van der Waals surface area contributed by atoms with Gasteiger partial charge in [-0.2, -0.15) is 5.26 Å². The monoisotopic (exact) mass is 350 g/mol. The van der Waals surface area contributed by atoms with Crippen molar-refractivity contribution in [3.8, 4) is 6.07 Å². The molecule has 2 heterocycles. The fraction of sp³-hybridized carbons (Fsp3) is 0.222. The maximum atomic E-state index is 11.0. The van der Waals surface area contributed by atoms with Gasteiger partial charge in [0.1, 0.15) is 5.82 Å². The molecule has 25 heavy (non-hydrogen) atoms. The maximum Gasteiger partial charge on any atom is 0.270 e. The molecule has 0 radical (unpaired) electrons. The Morgan fingerprint density at radius 3 is 2.84 bits per heavy atom. The zero-order valence-electron chi connectivity index (χ0n) is 13.3. The fourth-order valence-electron chi connectivity index (χ4n) is 2.91. The van der Waals surface area contributed by atoms with Gasteiger partial charge < -0.3 is 4.90 Å². The number of nitro benzene ring substituents is 1. The van der Waals surface area contributed by atoms with Crippen LogP contribution in [0.4, 0.5) is 11.5 Å². The number of rotatable bonds is 5. The predicted octanol–water partition coefficient (Wildman–Crippen LogP) is 4.25. The molecule has 0 bridgehead atoms. The summed E-state index contributed by atoms with van der Waals surface area (Å²) in [5.74, 6) is 0.758. The van der Waals surface area contributed by atoms with Crippen molar-refractivity contribution in [2.24, 2.45) is 0 Å². The van der Waals surface area contributed by atoms with Crippen molar-refractivity contribution in [1.82, 2.24) is 4.98 Å². The lowest BCUT2D eigenvalue weighted by Crippen LogP contribution is -2.25. The topological polar surface area (TPSA) is 83.1 Å². The second-order valence-electron chi connectivity index (χ2n) is 6.04. The predicted molar refractivity (Wildman–Crippen MR) is 96.6 cm³/mol. The Hall–Kier alpha value is -2.98. The lowest BCUT2D eigenvalue weighted by Gasteiger charge is -2.23. The Morgan fingerprint density at radius 1 is 1.36 bits per heavy atom. The van der Waals surface area contributed by atoms with Crippen molar-refractivity contribution in [2.45, 2.75) is 25.4 Å². The SMILES string of the molecule is N#Cc1cc(N(Cc2cccs2)C2CC2)nc2ccc([N+](=O)[O-])cc12. The van der Waals surface area contributed by atoms with Crippen molar-refractivity contribution in [2.75, 3.05) is 4.90 Å². The van der Waals surface area contributed by atoms with Gasteiger partial charge in [-0.25, -0.2) is 4.98 Å². The van der Waals surface area contributed by atoms with E-state index in [0.717, 1.165) is 25.2 Å². The van der Waals surface area contributed by atoms with Crippen LogP contribution in [0.15, 0.2) is 41.8 Å². The van der Waals surface area contributed by atoms with Gasteiger partial charge in [0, 0.05) is 28.4 Å².